The Bertz CT molecular complexity index is 941. The molecule has 0 aliphatic carbocycles. The van der Waals surface area contributed by atoms with E-state index in [4.69, 9.17) is 0 Å². The quantitative estimate of drug-likeness (QED) is 0.644. The molecule has 2 unspecified atom stereocenters. The number of benzene rings is 2. The minimum absolute atomic E-state index is 0.0183. The third-order valence-corrected chi connectivity index (χ3v) is 6.24. The van der Waals surface area contributed by atoms with Gasteiger partial charge in [0.2, 0.25) is 11.8 Å². The van der Waals surface area contributed by atoms with Gasteiger partial charge in [-0.25, -0.2) is 4.39 Å². The van der Waals surface area contributed by atoms with Crippen LogP contribution in [0.5, 0.6) is 0 Å². The van der Waals surface area contributed by atoms with Crippen LogP contribution in [0.25, 0.3) is 0 Å². The molecule has 2 aromatic rings. The van der Waals surface area contributed by atoms with Gasteiger partial charge < -0.3 is 15.5 Å². The summed E-state index contributed by atoms with van der Waals surface area (Å²) >= 11 is 0. The molecular weight excluding hydrogens is 421 g/mol. The molecule has 0 radical (unpaired) electrons. The van der Waals surface area contributed by atoms with Gasteiger partial charge in [0.25, 0.3) is 5.91 Å². The number of piperidine rings is 1. The lowest BCUT2D eigenvalue weighted by Crippen LogP contribution is -2.55. The van der Waals surface area contributed by atoms with Crippen molar-refractivity contribution in [2.75, 3.05) is 13.1 Å². The van der Waals surface area contributed by atoms with E-state index in [1.807, 2.05) is 49.1 Å². The number of carbonyl (C=O) groups is 3. The maximum Gasteiger partial charge on any atom is 0.251 e. The fourth-order valence-corrected chi connectivity index (χ4v) is 4.02. The summed E-state index contributed by atoms with van der Waals surface area (Å²) in [6, 6.07) is 14.1. The SMILES string of the molecule is CCC(C)NC(=O)C(NC(=O)c1ccc(F)cc1)C1CCN(C(=O)Cc2ccccc2)CC1. The molecule has 0 aromatic heterocycles. The molecule has 0 bridgehead atoms. The van der Waals surface area contributed by atoms with Crippen LogP contribution < -0.4 is 10.6 Å². The second-order valence-corrected chi connectivity index (χ2v) is 8.66. The number of rotatable bonds is 8. The van der Waals surface area contributed by atoms with Gasteiger partial charge in [-0.2, -0.15) is 0 Å². The predicted molar refractivity (Wildman–Crippen MR) is 125 cm³/mol. The van der Waals surface area contributed by atoms with Crippen molar-refractivity contribution >= 4 is 17.7 Å². The number of hydrogen-bond acceptors (Lipinski definition) is 3. The van der Waals surface area contributed by atoms with Crippen molar-refractivity contribution in [3.05, 3.63) is 71.5 Å². The molecule has 2 N–H and O–H groups in total. The zero-order chi connectivity index (χ0) is 23.8. The summed E-state index contributed by atoms with van der Waals surface area (Å²) in [7, 11) is 0. The molecule has 176 valence electrons. The molecule has 0 spiro atoms. The standard InChI is InChI=1S/C26H32FN3O3/c1-3-18(2)28-26(33)24(29-25(32)21-9-11-22(27)12-10-21)20-13-15-30(16-14-20)23(31)17-19-7-5-4-6-8-19/h4-12,18,20,24H,3,13-17H2,1-2H3,(H,28,33)(H,29,32). The highest BCUT2D eigenvalue weighted by Gasteiger charge is 2.34. The number of carbonyl (C=O) groups excluding carboxylic acids is 3. The largest absolute Gasteiger partial charge is 0.352 e. The molecular formula is C26H32FN3O3. The van der Waals surface area contributed by atoms with Gasteiger partial charge in [-0.15, -0.1) is 0 Å². The molecule has 1 aliphatic heterocycles. The van der Waals surface area contributed by atoms with Crippen molar-refractivity contribution < 1.29 is 18.8 Å². The van der Waals surface area contributed by atoms with Gasteiger partial charge in [-0.3, -0.25) is 14.4 Å². The van der Waals surface area contributed by atoms with E-state index in [-0.39, 0.29) is 23.8 Å². The summed E-state index contributed by atoms with van der Waals surface area (Å²) in [6.07, 6.45) is 2.35. The maximum absolute atomic E-state index is 13.2. The molecule has 6 nitrogen and oxygen atoms in total. The second kappa shape index (κ2) is 11.6. The molecule has 1 aliphatic rings. The zero-order valence-electron chi connectivity index (χ0n) is 19.2. The van der Waals surface area contributed by atoms with Gasteiger partial charge in [0.05, 0.1) is 6.42 Å². The van der Waals surface area contributed by atoms with Gasteiger partial charge in [-0.1, -0.05) is 37.3 Å². The fourth-order valence-electron chi connectivity index (χ4n) is 4.02. The van der Waals surface area contributed by atoms with Crippen LogP contribution in [0.3, 0.4) is 0 Å². The van der Waals surface area contributed by atoms with E-state index < -0.39 is 17.8 Å². The average molecular weight is 454 g/mol. The summed E-state index contributed by atoms with van der Waals surface area (Å²) in [5.41, 5.74) is 1.27. The third kappa shape index (κ3) is 6.88. The van der Waals surface area contributed by atoms with Gasteiger partial charge >= 0.3 is 0 Å². The number of likely N-dealkylation sites (tertiary alicyclic amines) is 1. The van der Waals surface area contributed by atoms with E-state index in [0.717, 1.165) is 12.0 Å². The van der Waals surface area contributed by atoms with Crippen molar-refractivity contribution in [3.63, 3.8) is 0 Å². The number of nitrogens with one attached hydrogen (secondary N) is 2. The first-order valence-corrected chi connectivity index (χ1v) is 11.6. The van der Waals surface area contributed by atoms with Crippen LogP contribution in [0.1, 0.15) is 49.0 Å². The first-order chi connectivity index (χ1) is 15.9. The highest BCUT2D eigenvalue weighted by Crippen LogP contribution is 2.22. The lowest BCUT2D eigenvalue weighted by molar-refractivity contribution is -0.132. The molecule has 2 atom stereocenters. The molecule has 2 aromatic carbocycles. The molecule has 33 heavy (non-hydrogen) atoms. The molecule has 3 amide bonds. The Labute approximate surface area is 194 Å². The van der Waals surface area contributed by atoms with Gasteiger partial charge in [0.15, 0.2) is 0 Å². The van der Waals surface area contributed by atoms with Gasteiger partial charge in [0, 0.05) is 24.7 Å². The molecule has 7 heteroatoms. The molecule has 3 rings (SSSR count). The van der Waals surface area contributed by atoms with E-state index in [9.17, 15) is 18.8 Å². The van der Waals surface area contributed by atoms with E-state index >= 15 is 0 Å². The van der Waals surface area contributed by atoms with E-state index in [0.29, 0.717) is 37.9 Å². The predicted octanol–water partition coefficient (Wildman–Crippen LogP) is 3.32. The number of nitrogens with zero attached hydrogens (tertiary/aromatic N) is 1. The minimum Gasteiger partial charge on any atom is -0.352 e. The smallest absolute Gasteiger partial charge is 0.251 e. The van der Waals surface area contributed by atoms with Crippen LogP contribution in [0.15, 0.2) is 54.6 Å². The van der Waals surface area contributed by atoms with E-state index in [1.165, 1.54) is 24.3 Å². The Morgan fingerprint density at radius 2 is 1.64 bits per heavy atom. The minimum atomic E-state index is -0.720. The van der Waals surface area contributed by atoms with Crippen LogP contribution >= 0.6 is 0 Å². The van der Waals surface area contributed by atoms with Crippen LogP contribution in [0, 0.1) is 11.7 Å². The highest BCUT2D eigenvalue weighted by molar-refractivity contribution is 5.97. The first kappa shape index (κ1) is 24.4. The van der Waals surface area contributed by atoms with Crippen molar-refractivity contribution in [1.29, 1.82) is 0 Å². The Morgan fingerprint density at radius 3 is 2.24 bits per heavy atom. The molecule has 1 saturated heterocycles. The average Bonchev–Trinajstić information content (AvgIpc) is 2.83. The lowest BCUT2D eigenvalue weighted by atomic mass is 9.88. The fraction of sp³-hybridized carbons (Fsp3) is 0.423. The Morgan fingerprint density at radius 1 is 1.00 bits per heavy atom. The Kier molecular flexibility index (Phi) is 8.58. The lowest BCUT2D eigenvalue weighted by Gasteiger charge is -2.36. The topological polar surface area (TPSA) is 78.5 Å². The zero-order valence-corrected chi connectivity index (χ0v) is 19.2. The van der Waals surface area contributed by atoms with Crippen molar-refractivity contribution in [1.82, 2.24) is 15.5 Å². The monoisotopic (exact) mass is 453 g/mol. The van der Waals surface area contributed by atoms with Gasteiger partial charge in [-0.05, 0) is 61.9 Å². The van der Waals surface area contributed by atoms with Crippen molar-refractivity contribution in [2.45, 2.75) is 51.6 Å². The van der Waals surface area contributed by atoms with Gasteiger partial charge in [0.1, 0.15) is 11.9 Å². The molecule has 0 saturated carbocycles. The van der Waals surface area contributed by atoms with Crippen molar-refractivity contribution in [3.8, 4) is 0 Å². The second-order valence-electron chi connectivity index (χ2n) is 8.66. The number of halogens is 1. The first-order valence-electron chi connectivity index (χ1n) is 11.6. The van der Waals surface area contributed by atoms with Crippen LogP contribution in [-0.2, 0) is 16.0 Å². The van der Waals surface area contributed by atoms with Crippen LogP contribution in [-0.4, -0.2) is 47.8 Å². The Hall–Kier alpha value is -3.22. The normalized spacial score (nSPS) is 16.0. The van der Waals surface area contributed by atoms with Crippen molar-refractivity contribution in [2.24, 2.45) is 5.92 Å². The maximum atomic E-state index is 13.2. The summed E-state index contributed by atoms with van der Waals surface area (Å²) in [6.45, 7) is 4.97. The van der Waals surface area contributed by atoms with Crippen LogP contribution in [0.2, 0.25) is 0 Å². The summed E-state index contributed by atoms with van der Waals surface area (Å²) in [5, 5.41) is 5.82. The summed E-state index contributed by atoms with van der Waals surface area (Å²) in [5.74, 6) is -1.10. The Balaban J connectivity index is 1.65. The molecule has 1 heterocycles. The highest BCUT2D eigenvalue weighted by atomic mass is 19.1. The molecule has 1 fully saturated rings. The third-order valence-electron chi connectivity index (χ3n) is 6.24. The number of amides is 3. The summed E-state index contributed by atoms with van der Waals surface area (Å²) in [4.78, 5) is 40.3. The number of hydrogen-bond donors (Lipinski definition) is 2. The van der Waals surface area contributed by atoms with E-state index in [2.05, 4.69) is 10.6 Å². The van der Waals surface area contributed by atoms with Crippen LogP contribution in [0.4, 0.5) is 4.39 Å². The summed E-state index contributed by atoms with van der Waals surface area (Å²) < 4.78 is 13.2. The van der Waals surface area contributed by atoms with E-state index in [1.54, 1.807) is 0 Å².